The van der Waals surface area contributed by atoms with E-state index < -0.39 is 0 Å². The Hall–Kier alpha value is -1.32. The van der Waals surface area contributed by atoms with Crippen molar-refractivity contribution in [2.75, 3.05) is 12.8 Å². The first-order valence-corrected chi connectivity index (χ1v) is 7.12. The van der Waals surface area contributed by atoms with Crippen LogP contribution in [0.1, 0.15) is 16.7 Å². The summed E-state index contributed by atoms with van der Waals surface area (Å²) in [4.78, 5) is 2.27. The summed E-state index contributed by atoms with van der Waals surface area (Å²) in [6, 6.07) is 14.6. The van der Waals surface area contributed by atoms with Crippen molar-refractivity contribution in [1.82, 2.24) is 4.90 Å². The number of nitrogens with zero attached hydrogens (tertiary/aromatic N) is 1. The molecule has 2 aromatic carbocycles. The van der Waals surface area contributed by atoms with Crippen molar-refractivity contribution < 1.29 is 0 Å². The molecule has 2 rings (SSSR count). The predicted molar refractivity (Wildman–Crippen MR) is 84.9 cm³/mol. The van der Waals surface area contributed by atoms with Crippen molar-refractivity contribution >= 4 is 21.6 Å². The molecule has 0 fully saturated rings. The molecule has 0 aliphatic carbocycles. The number of benzene rings is 2. The maximum absolute atomic E-state index is 6.02. The van der Waals surface area contributed by atoms with Crippen LogP contribution in [0.3, 0.4) is 0 Å². The second-order valence-electron chi connectivity index (χ2n) is 5.00. The van der Waals surface area contributed by atoms with E-state index in [9.17, 15) is 0 Å². The van der Waals surface area contributed by atoms with Crippen molar-refractivity contribution in [2.45, 2.75) is 20.0 Å². The van der Waals surface area contributed by atoms with Crippen molar-refractivity contribution in [3.8, 4) is 0 Å². The lowest BCUT2D eigenvalue weighted by molar-refractivity contribution is 0.319. The summed E-state index contributed by atoms with van der Waals surface area (Å²) in [6.45, 7) is 3.87. The molecule has 100 valence electrons. The molecule has 0 spiro atoms. The molecule has 0 saturated carbocycles. The van der Waals surface area contributed by atoms with Gasteiger partial charge in [0.15, 0.2) is 0 Å². The lowest BCUT2D eigenvalue weighted by Gasteiger charge is -2.18. The summed E-state index contributed by atoms with van der Waals surface area (Å²) >= 11 is 3.50. The van der Waals surface area contributed by atoms with E-state index in [2.05, 4.69) is 59.1 Å². The highest BCUT2D eigenvalue weighted by molar-refractivity contribution is 9.10. The molecule has 0 aliphatic heterocycles. The second kappa shape index (κ2) is 6.22. The average molecular weight is 319 g/mol. The lowest BCUT2D eigenvalue weighted by atomic mass is 10.1. The fourth-order valence-corrected chi connectivity index (χ4v) is 2.61. The molecular weight excluding hydrogens is 300 g/mol. The third kappa shape index (κ3) is 4.08. The second-order valence-corrected chi connectivity index (χ2v) is 5.92. The molecule has 0 amide bonds. The highest BCUT2D eigenvalue weighted by Gasteiger charge is 2.05. The fraction of sp³-hybridized carbons (Fsp3) is 0.250. The van der Waals surface area contributed by atoms with Gasteiger partial charge in [-0.15, -0.1) is 0 Å². The standard InChI is InChI=1S/C16H19BrN2/c1-12-6-7-16(18)14(8-12)11-19(2)10-13-4-3-5-15(17)9-13/h3-9H,10-11,18H2,1-2H3. The minimum Gasteiger partial charge on any atom is -0.398 e. The monoisotopic (exact) mass is 318 g/mol. The first kappa shape index (κ1) is 14.1. The van der Waals surface area contributed by atoms with Crippen molar-refractivity contribution in [2.24, 2.45) is 0 Å². The van der Waals surface area contributed by atoms with Gasteiger partial charge in [-0.25, -0.2) is 0 Å². The Bertz CT molecular complexity index is 566. The number of halogens is 1. The van der Waals surface area contributed by atoms with Crippen molar-refractivity contribution in [1.29, 1.82) is 0 Å². The number of nitrogens with two attached hydrogens (primary N) is 1. The number of rotatable bonds is 4. The molecule has 2 nitrogen and oxygen atoms in total. The van der Waals surface area contributed by atoms with Crippen LogP contribution in [0.4, 0.5) is 5.69 Å². The highest BCUT2D eigenvalue weighted by Crippen LogP contribution is 2.18. The SMILES string of the molecule is Cc1ccc(N)c(CN(C)Cc2cccc(Br)c2)c1. The molecular formula is C16H19BrN2. The van der Waals surface area contributed by atoms with Crippen molar-refractivity contribution in [3.63, 3.8) is 0 Å². The van der Waals surface area contributed by atoms with Gasteiger partial charge in [0, 0.05) is 23.2 Å². The molecule has 3 heteroatoms. The van der Waals surface area contributed by atoms with E-state index in [-0.39, 0.29) is 0 Å². The van der Waals surface area contributed by atoms with Gasteiger partial charge in [-0.05, 0) is 43.3 Å². The molecule has 0 atom stereocenters. The Morgan fingerprint density at radius 2 is 1.89 bits per heavy atom. The van der Waals surface area contributed by atoms with Crippen LogP contribution in [-0.2, 0) is 13.1 Å². The van der Waals surface area contributed by atoms with Gasteiger partial charge < -0.3 is 5.73 Å². The Balaban J connectivity index is 2.05. The maximum Gasteiger partial charge on any atom is 0.0359 e. The van der Waals surface area contributed by atoms with Gasteiger partial charge in [0.1, 0.15) is 0 Å². The van der Waals surface area contributed by atoms with Crippen LogP contribution < -0.4 is 5.73 Å². The highest BCUT2D eigenvalue weighted by atomic mass is 79.9. The third-order valence-corrected chi connectivity index (χ3v) is 3.57. The van der Waals surface area contributed by atoms with Gasteiger partial charge in [-0.2, -0.15) is 0 Å². The lowest BCUT2D eigenvalue weighted by Crippen LogP contribution is -2.18. The van der Waals surface area contributed by atoms with E-state index in [1.54, 1.807) is 0 Å². The van der Waals surface area contributed by atoms with E-state index in [0.717, 1.165) is 23.2 Å². The van der Waals surface area contributed by atoms with E-state index >= 15 is 0 Å². The Morgan fingerprint density at radius 3 is 2.63 bits per heavy atom. The van der Waals surface area contributed by atoms with Gasteiger partial charge in [0.25, 0.3) is 0 Å². The molecule has 0 aromatic heterocycles. The normalized spacial score (nSPS) is 10.9. The summed E-state index contributed by atoms with van der Waals surface area (Å²) in [5.41, 5.74) is 10.6. The molecule has 2 aromatic rings. The quantitative estimate of drug-likeness (QED) is 0.864. The first-order valence-electron chi connectivity index (χ1n) is 6.32. The largest absolute Gasteiger partial charge is 0.398 e. The van der Waals surface area contributed by atoms with Crippen LogP contribution in [0, 0.1) is 6.92 Å². The van der Waals surface area contributed by atoms with Crippen molar-refractivity contribution in [3.05, 3.63) is 63.6 Å². The Morgan fingerprint density at radius 1 is 1.11 bits per heavy atom. The first-order chi connectivity index (χ1) is 9.04. The summed E-state index contributed by atoms with van der Waals surface area (Å²) in [6.07, 6.45) is 0. The van der Waals surface area contributed by atoms with Gasteiger partial charge in [0.2, 0.25) is 0 Å². The summed E-state index contributed by atoms with van der Waals surface area (Å²) in [5, 5.41) is 0. The maximum atomic E-state index is 6.02. The Kier molecular flexibility index (Phi) is 4.61. The molecule has 0 radical (unpaired) electrons. The van der Waals surface area contributed by atoms with Crippen LogP contribution in [0.25, 0.3) is 0 Å². The van der Waals surface area contributed by atoms with Crippen LogP contribution in [0.5, 0.6) is 0 Å². The zero-order valence-electron chi connectivity index (χ0n) is 11.4. The molecule has 0 heterocycles. The number of nitrogen functional groups attached to an aromatic ring is 1. The number of anilines is 1. The topological polar surface area (TPSA) is 29.3 Å². The zero-order valence-corrected chi connectivity index (χ0v) is 12.9. The van der Waals surface area contributed by atoms with Crippen LogP contribution in [-0.4, -0.2) is 11.9 Å². The van der Waals surface area contributed by atoms with E-state index in [1.807, 2.05) is 18.2 Å². The summed E-state index contributed by atoms with van der Waals surface area (Å²) in [5.74, 6) is 0. The molecule has 19 heavy (non-hydrogen) atoms. The number of aryl methyl sites for hydroxylation is 1. The number of hydrogen-bond donors (Lipinski definition) is 1. The molecule has 0 aliphatic rings. The van der Waals surface area contributed by atoms with E-state index in [0.29, 0.717) is 0 Å². The molecule has 2 N–H and O–H groups in total. The van der Waals surface area contributed by atoms with Gasteiger partial charge in [0.05, 0.1) is 0 Å². The van der Waals surface area contributed by atoms with Gasteiger partial charge in [-0.1, -0.05) is 45.8 Å². The minimum atomic E-state index is 0.861. The van der Waals surface area contributed by atoms with E-state index in [1.165, 1.54) is 16.7 Å². The zero-order chi connectivity index (χ0) is 13.8. The van der Waals surface area contributed by atoms with Crippen LogP contribution >= 0.6 is 15.9 Å². The molecule has 0 bridgehead atoms. The number of hydrogen-bond acceptors (Lipinski definition) is 2. The minimum absolute atomic E-state index is 0.861. The summed E-state index contributed by atoms with van der Waals surface area (Å²) in [7, 11) is 2.11. The Labute approximate surface area is 123 Å². The molecule has 0 unspecified atom stereocenters. The summed E-state index contributed by atoms with van der Waals surface area (Å²) < 4.78 is 1.12. The third-order valence-electron chi connectivity index (χ3n) is 3.08. The molecule has 0 saturated heterocycles. The smallest absolute Gasteiger partial charge is 0.0359 e. The van der Waals surface area contributed by atoms with Crippen LogP contribution in [0.15, 0.2) is 46.9 Å². The predicted octanol–water partition coefficient (Wildman–Crippen LogP) is 3.97. The van der Waals surface area contributed by atoms with Crippen LogP contribution in [0.2, 0.25) is 0 Å². The average Bonchev–Trinajstić information content (AvgIpc) is 2.34. The van der Waals surface area contributed by atoms with Gasteiger partial charge in [-0.3, -0.25) is 4.90 Å². The van der Waals surface area contributed by atoms with Gasteiger partial charge >= 0.3 is 0 Å². The fourth-order valence-electron chi connectivity index (χ4n) is 2.17. The van der Waals surface area contributed by atoms with E-state index in [4.69, 9.17) is 5.73 Å².